The van der Waals surface area contributed by atoms with Crippen molar-refractivity contribution in [2.75, 3.05) is 25.5 Å². The number of halogens is 3. The van der Waals surface area contributed by atoms with E-state index in [2.05, 4.69) is 45.1 Å². The third kappa shape index (κ3) is 7.25. The van der Waals surface area contributed by atoms with Gasteiger partial charge < -0.3 is 19.7 Å². The molecule has 4 rings (SSSR count). The predicted octanol–water partition coefficient (Wildman–Crippen LogP) is 7.48. The molecular formula is C28H39F3N4S. The van der Waals surface area contributed by atoms with E-state index >= 15 is 0 Å². The van der Waals surface area contributed by atoms with E-state index in [4.69, 9.17) is 12.2 Å². The Bertz CT molecular complexity index is 977. The maximum atomic E-state index is 13.2. The highest BCUT2D eigenvalue weighted by Crippen LogP contribution is 2.32. The quantitative estimate of drug-likeness (QED) is 0.346. The molecule has 0 bridgehead atoms. The van der Waals surface area contributed by atoms with Gasteiger partial charge in [0.25, 0.3) is 0 Å². The van der Waals surface area contributed by atoms with E-state index in [1.54, 1.807) is 6.07 Å². The Kier molecular flexibility index (Phi) is 9.34. The predicted molar refractivity (Wildman–Crippen MR) is 144 cm³/mol. The summed E-state index contributed by atoms with van der Waals surface area (Å²) < 4.78 is 42.1. The third-order valence-electron chi connectivity index (χ3n) is 7.80. The Morgan fingerprint density at radius 2 is 1.72 bits per heavy atom. The van der Waals surface area contributed by atoms with Crippen LogP contribution < -0.4 is 5.32 Å². The highest BCUT2D eigenvalue weighted by atomic mass is 32.1. The maximum absolute atomic E-state index is 13.2. The maximum Gasteiger partial charge on any atom is 0.416 e. The van der Waals surface area contributed by atoms with E-state index in [0.29, 0.717) is 29.4 Å². The van der Waals surface area contributed by atoms with Crippen LogP contribution in [0.2, 0.25) is 0 Å². The van der Waals surface area contributed by atoms with Gasteiger partial charge in [-0.2, -0.15) is 13.2 Å². The van der Waals surface area contributed by atoms with Crippen molar-refractivity contribution in [3.63, 3.8) is 0 Å². The van der Waals surface area contributed by atoms with E-state index in [1.165, 1.54) is 69.5 Å². The lowest BCUT2D eigenvalue weighted by Gasteiger charge is -2.32. The number of alkyl halides is 3. The number of hydrogen-bond acceptors (Lipinski definition) is 2. The van der Waals surface area contributed by atoms with Crippen molar-refractivity contribution >= 4 is 23.0 Å². The van der Waals surface area contributed by atoms with Crippen molar-refractivity contribution in [3.8, 4) is 0 Å². The molecule has 198 valence electrons. The second-order valence-electron chi connectivity index (χ2n) is 10.4. The topological polar surface area (TPSA) is 23.4 Å². The Morgan fingerprint density at radius 3 is 2.44 bits per heavy atom. The van der Waals surface area contributed by atoms with Crippen molar-refractivity contribution in [2.24, 2.45) is 0 Å². The lowest BCUT2D eigenvalue weighted by molar-refractivity contribution is -0.137. The molecule has 0 amide bonds. The largest absolute Gasteiger partial charge is 0.416 e. The summed E-state index contributed by atoms with van der Waals surface area (Å²) in [5.41, 5.74) is 0.895. The van der Waals surface area contributed by atoms with Gasteiger partial charge in [0.1, 0.15) is 0 Å². The van der Waals surface area contributed by atoms with Crippen molar-refractivity contribution in [1.29, 1.82) is 0 Å². The van der Waals surface area contributed by atoms with Gasteiger partial charge in [0, 0.05) is 36.2 Å². The lowest BCUT2D eigenvalue weighted by Crippen LogP contribution is -2.39. The van der Waals surface area contributed by atoms with E-state index in [0.717, 1.165) is 31.6 Å². The summed E-state index contributed by atoms with van der Waals surface area (Å²) in [7, 11) is 2.21. The molecule has 0 atom stereocenters. The Hall–Kier alpha value is -2.06. The number of benzene rings is 1. The third-order valence-corrected chi connectivity index (χ3v) is 8.16. The average molecular weight is 521 g/mol. The van der Waals surface area contributed by atoms with Crippen LogP contribution in [-0.2, 0) is 12.7 Å². The minimum Gasteiger partial charge on any atom is -0.347 e. The minimum atomic E-state index is -4.38. The first kappa shape index (κ1) is 27.0. The molecule has 36 heavy (non-hydrogen) atoms. The van der Waals surface area contributed by atoms with Crippen LogP contribution in [0, 0.1) is 0 Å². The zero-order chi connectivity index (χ0) is 25.5. The van der Waals surface area contributed by atoms with Gasteiger partial charge in [-0.15, -0.1) is 0 Å². The summed E-state index contributed by atoms with van der Waals surface area (Å²) >= 11 is 5.76. The van der Waals surface area contributed by atoms with E-state index in [1.807, 2.05) is 0 Å². The number of rotatable bonds is 9. The summed E-state index contributed by atoms with van der Waals surface area (Å²) in [6.07, 6.45) is 10.1. The minimum absolute atomic E-state index is 0.366. The standard InChI is InChI=1S/C28H39F3N4S/c1-33(24-12-3-2-4-13-24)17-9-18-34(21-26-16-8-19-35(26)25-14-5-6-15-25)27(36)32-23-11-7-10-22(20-23)28(29,30)31/h7-8,10-11,16,19-20,24-25H,2-6,9,12-15,17-18,21H2,1H3,(H,32,36). The van der Waals surface area contributed by atoms with Crippen LogP contribution in [0.4, 0.5) is 18.9 Å². The van der Waals surface area contributed by atoms with Crippen LogP contribution in [0.15, 0.2) is 42.6 Å². The molecule has 0 saturated heterocycles. The van der Waals surface area contributed by atoms with Gasteiger partial charge in [-0.1, -0.05) is 38.2 Å². The fourth-order valence-corrected chi connectivity index (χ4v) is 6.01. The van der Waals surface area contributed by atoms with Crippen molar-refractivity contribution < 1.29 is 13.2 Å². The summed E-state index contributed by atoms with van der Waals surface area (Å²) in [6.45, 7) is 2.37. The molecule has 2 saturated carbocycles. The fraction of sp³-hybridized carbons (Fsp3) is 0.607. The lowest BCUT2D eigenvalue weighted by atomic mass is 9.94. The van der Waals surface area contributed by atoms with E-state index in [9.17, 15) is 13.2 Å². The van der Waals surface area contributed by atoms with Crippen molar-refractivity contribution in [3.05, 3.63) is 53.9 Å². The highest BCUT2D eigenvalue weighted by Gasteiger charge is 2.30. The van der Waals surface area contributed by atoms with Gasteiger partial charge in [0.05, 0.1) is 12.1 Å². The molecule has 1 aromatic heterocycles. The SMILES string of the molecule is CN(CCCN(Cc1cccn1C1CCCC1)C(=S)Nc1cccc(C(F)(F)F)c1)C1CCCCC1. The van der Waals surface area contributed by atoms with E-state index in [-0.39, 0.29) is 0 Å². The molecule has 1 heterocycles. The molecule has 2 aliphatic carbocycles. The van der Waals surface area contributed by atoms with E-state index < -0.39 is 11.7 Å². The molecular weight excluding hydrogens is 481 g/mol. The first-order chi connectivity index (χ1) is 17.3. The zero-order valence-corrected chi connectivity index (χ0v) is 22.1. The number of aromatic nitrogens is 1. The number of anilines is 1. The van der Waals surface area contributed by atoms with Crippen LogP contribution in [0.25, 0.3) is 0 Å². The number of hydrogen-bond donors (Lipinski definition) is 1. The summed E-state index contributed by atoms with van der Waals surface area (Å²) in [5.74, 6) is 0. The Morgan fingerprint density at radius 1 is 1.00 bits per heavy atom. The monoisotopic (exact) mass is 520 g/mol. The van der Waals surface area contributed by atoms with Gasteiger partial charge in [0.15, 0.2) is 5.11 Å². The Labute approximate surface area is 218 Å². The Balaban J connectivity index is 1.44. The van der Waals surface area contributed by atoms with Crippen molar-refractivity contribution in [2.45, 2.75) is 89.0 Å². The van der Waals surface area contributed by atoms with Crippen LogP contribution >= 0.6 is 12.2 Å². The van der Waals surface area contributed by atoms with Gasteiger partial charge in [-0.25, -0.2) is 0 Å². The van der Waals surface area contributed by atoms with Crippen LogP contribution in [0.5, 0.6) is 0 Å². The van der Waals surface area contributed by atoms with Crippen molar-refractivity contribution in [1.82, 2.24) is 14.4 Å². The van der Waals surface area contributed by atoms with Gasteiger partial charge in [-0.05, 0) is 88.2 Å². The summed E-state index contributed by atoms with van der Waals surface area (Å²) in [5, 5.41) is 3.56. The number of nitrogens with zero attached hydrogens (tertiary/aromatic N) is 3. The second-order valence-corrected chi connectivity index (χ2v) is 10.8. The molecule has 1 aromatic carbocycles. The van der Waals surface area contributed by atoms with Crippen LogP contribution in [0.1, 0.15) is 81.5 Å². The first-order valence-electron chi connectivity index (χ1n) is 13.4. The normalized spacial score (nSPS) is 17.6. The first-order valence-corrected chi connectivity index (χ1v) is 13.8. The van der Waals surface area contributed by atoms with Gasteiger partial charge >= 0.3 is 6.18 Å². The molecule has 2 fully saturated rings. The second kappa shape index (κ2) is 12.5. The molecule has 2 aliphatic rings. The van der Waals surface area contributed by atoms with Crippen LogP contribution in [-0.4, -0.2) is 45.7 Å². The number of thiocarbonyl (C=S) groups is 1. The molecule has 0 aliphatic heterocycles. The molecule has 0 unspecified atom stereocenters. The zero-order valence-electron chi connectivity index (χ0n) is 21.3. The molecule has 8 heteroatoms. The molecule has 0 spiro atoms. The molecule has 0 radical (unpaired) electrons. The van der Waals surface area contributed by atoms with Crippen LogP contribution in [0.3, 0.4) is 0 Å². The fourth-order valence-electron chi connectivity index (χ4n) is 5.74. The summed E-state index contributed by atoms with van der Waals surface area (Å²) in [6, 6.07) is 10.7. The average Bonchev–Trinajstić information content (AvgIpc) is 3.55. The van der Waals surface area contributed by atoms with Gasteiger partial charge in [0.2, 0.25) is 0 Å². The highest BCUT2D eigenvalue weighted by molar-refractivity contribution is 7.80. The smallest absolute Gasteiger partial charge is 0.347 e. The molecule has 2 aromatic rings. The summed E-state index contributed by atoms with van der Waals surface area (Å²) in [4.78, 5) is 4.59. The number of nitrogens with one attached hydrogen (secondary N) is 1. The van der Waals surface area contributed by atoms with Gasteiger partial charge in [-0.3, -0.25) is 0 Å². The molecule has 1 N–H and O–H groups in total. The molecule has 4 nitrogen and oxygen atoms in total.